The van der Waals surface area contributed by atoms with Crippen LogP contribution in [0.15, 0.2) is 54.6 Å². The van der Waals surface area contributed by atoms with E-state index in [-0.39, 0.29) is 0 Å². The molecule has 1 heterocycles. The van der Waals surface area contributed by atoms with Crippen LogP contribution in [0.25, 0.3) is 0 Å². The first-order chi connectivity index (χ1) is 12.9. The van der Waals surface area contributed by atoms with Gasteiger partial charge in [-0.1, -0.05) is 61.7 Å². The van der Waals surface area contributed by atoms with Gasteiger partial charge < -0.3 is 10.6 Å². The average molecular weight is 351 g/mol. The fourth-order valence-electron chi connectivity index (χ4n) is 4.02. The van der Waals surface area contributed by atoms with Crippen molar-refractivity contribution in [3.63, 3.8) is 0 Å². The highest BCUT2D eigenvalue weighted by molar-refractivity contribution is 5.71. The summed E-state index contributed by atoms with van der Waals surface area (Å²) in [4.78, 5) is 10.2. The largest absolute Gasteiger partial charge is 0.329 e. The molecular formula is C23H30N2O. The molecule has 1 aliphatic heterocycles. The van der Waals surface area contributed by atoms with Crippen molar-refractivity contribution < 1.29 is 4.79 Å². The van der Waals surface area contributed by atoms with Crippen molar-refractivity contribution in [1.82, 2.24) is 5.32 Å². The first-order valence-electron chi connectivity index (χ1n) is 9.92. The molecule has 0 spiro atoms. The maximum atomic E-state index is 10.2. The van der Waals surface area contributed by atoms with Crippen LogP contribution in [0, 0.1) is 0 Å². The number of nitrogens with one attached hydrogen (secondary N) is 2. The molecule has 3 nitrogen and oxygen atoms in total. The van der Waals surface area contributed by atoms with Crippen LogP contribution in [0.1, 0.15) is 61.5 Å². The molecule has 3 heteroatoms. The predicted octanol–water partition coefficient (Wildman–Crippen LogP) is 5.07. The minimum absolute atomic E-state index is 0.718. The molecule has 1 saturated carbocycles. The van der Waals surface area contributed by atoms with E-state index in [0.29, 0.717) is 0 Å². The number of amides is 1. The number of rotatable bonds is 4. The Balaban J connectivity index is 0.000000158. The van der Waals surface area contributed by atoms with Crippen LogP contribution in [-0.2, 0) is 4.79 Å². The van der Waals surface area contributed by atoms with Crippen molar-refractivity contribution in [2.75, 3.05) is 18.4 Å². The Labute approximate surface area is 157 Å². The van der Waals surface area contributed by atoms with Gasteiger partial charge in [-0.3, -0.25) is 4.79 Å². The van der Waals surface area contributed by atoms with Crippen LogP contribution >= 0.6 is 0 Å². The lowest BCUT2D eigenvalue weighted by Crippen LogP contribution is -2.07. The Bertz CT molecular complexity index is 642. The van der Waals surface area contributed by atoms with E-state index in [1.165, 1.54) is 56.2 Å². The van der Waals surface area contributed by atoms with Gasteiger partial charge in [0.15, 0.2) is 0 Å². The second-order valence-electron chi connectivity index (χ2n) is 7.32. The third-order valence-electron chi connectivity index (χ3n) is 5.54. The molecule has 2 aliphatic rings. The molecule has 1 aliphatic carbocycles. The standard InChI is InChI=1S/C13H17NO.C10H13N/c15-10-14-13-8-6-12(7-9-13)11-4-2-1-3-5-11;1-2-4-9(5-3-1)10-6-7-11-8-10/h6-11H,1-5H2,(H,14,15);1-5,10-11H,6-8H2. The van der Waals surface area contributed by atoms with E-state index in [2.05, 4.69) is 53.1 Å². The number of hydrogen-bond donors (Lipinski definition) is 2. The quantitative estimate of drug-likeness (QED) is 0.756. The molecule has 1 amide bonds. The third-order valence-corrected chi connectivity index (χ3v) is 5.54. The number of carbonyl (C=O) groups excluding carboxylic acids is 1. The zero-order valence-corrected chi connectivity index (χ0v) is 15.5. The smallest absolute Gasteiger partial charge is 0.211 e. The molecule has 0 aromatic heterocycles. The van der Waals surface area contributed by atoms with Gasteiger partial charge in [-0.25, -0.2) is 0 Å². The van der Waals surface area contributed by atoms with Crippen LogP contribution in [0.2, 0.25) is 0 Å². The second-order valence-corrected chi connectivity index (χ2v) is 7.32. The van der Waals surface area contributed by atoms with Gasteiger partial charge >= 0.3 is 0 Å². The molecule has 0 bridgehead atoms. The molecule has 0 radical (unpaired) electrons. The Morgan fingerprint density at radius 2 is 1.50 bits per heavy atom. The van der Waals surface area contributed by atoms with Crippen LogP contribution in [0.3, 0.4) is 0 Å². The summed E-state index contributed by atoms with van der Waals surface area (Å²) < 4.78 is 0. The van der Waals surface area contributed by atoms with Gasteiger partial charge in [0.2, 0.25) is 6.41 Å². The molecule has 2 aromatic rings. The van der Waals surface area contributed by atoms with E-state index in [0.717, 1.165) is 30.5 Å². The van der Waals surface area contributed by atoms with Crippen LogP contribution < -0.4 is 10.6 Å². The van der Waals surface area contributed by atoms with Crippen molar-refractivity contribution in [2.24, 2.45) is 0 Å². The molecule has 1 atom stereocenters. The van der Waals surface area contributed by atoms with E-state index in [1.807, 2.05) is 12.1 Å². The highest BCUT2D eigenvalue weighted by Gasteiger charge is 2.15. The van der Waals surface area contributed by atoms with Gasteiger partial charge in [0.1, 0.15) is 0 Å². The molecule has 2 N–H and O–H groups in total. The summed E-state index contributed by atoms with van der Waals surface area (Å²) in [5.74, 6) is 1.50. The molecule has 2 aromatic carbocycles. The lowest BCUT2D eigenvalue weighted by molar-refractivity contribution is -0.105. The number of carbonyl (C=O) groups is 1. The summed E-state index contributed by atoms with van der Waals surface area (Å²) in [6.07, 6.45) is 8.76. The first kappa shape index (κ1) is 18.7. The van der Waals surface area contributed by atoms with Gasteiger partial charge in [0, 0.05) is 12.2 Å². The maximum absolute atomic E-state index is 10.2. The van der Waals surface area contributed by atoms with Crippen LogP contribution in [0.5, 0.6) is 0 Å². The van der Waals surface area contributed by atoms with E-state index in [9.17, 15) is 4.79 Å². The first-order valence-corrected chi connectivity index (χ1v) is 9.92. The minimum Gasteiger partial charge on any atom is -0.329 e. The monoisotopic (exact) mass is 350 g/mol. The Morgan fingerprint density at radius 3 is 2.12 bits per heavy atom. The van der Waals surface area contributed by atoms with Gasteiger partial charge in [-0.15, -0.1) is 0 Å². The highest BCUT2D eigenvalue weighted by Crippen LogP contribution is 2.32. The second kappa shape index (κ2) is 10.1. The van der Waals surface area contributed by atoms with Gasteiger partial charge in [0.05, 0.1) is 0 Å². The van der Waals surface area contributed by atoms with Crippen molar-refractivity contribution in [1.29, 1.82) is 0 Å². The van der Waals surface area contributed by atoms with Crippen molar-refractivity contribution >= 4 is 12.1 Å². The molecule has 1 unspecified atom stereocenters. The Hall–Kier alpha value is -2.13. The number of hydrogen-bond acceptors (Lipinski definition) is 2. The van der Waals surface area contributed by atoms with E-state index in [4.69, 9.17) is 0 Å². The van der Waals surface area contributed by atoms with Crippen LogP contribution in [-0.4, -0.2) is 19.5 Å². The lowest BCUT2D eigenvalue weighted by atomic mass is 9.84. The topological polar surface area (TPSA) is 41.1 Å². The zero-order chi connectivity index (χ0) is 18.0. The summed E-state index contributed by atoms with van der Waals surface area (Å²) in [5.41, 5.74) is 3.79. The normalized spacial score (nSPS) is 20.1. The van der Waals surface area contributed by atoms with E-state index in [1.54, 1.807) is 0 Å². The molecule has 26 heavy (non-hydrogen) atoms. The Morgan fingerprint density at radius 1 is 0.808 bits per heavy atom. The molecular weight excluding hydrogens is 320 g/mol. The fraction of sp³-hybridized carbons (Fsp3) is 0.435. The van der Waals surface area contributed by atoms with Gasteiger partial charge in [-0.05, 0) is 60.9 Å². The highest BCUT2D eigenvalue weighted by atomic mass is 16.1. The molecule has 2 fully saturated rings. The fourth-order valence-corrected chi connectivity index (χ4v) is 4.02. The molecule has 138 valence electrons. The van der Waals surface area contributed by atoms with Crippen LogP contribution in [0.4, 0.5) is 5.69 Å². The molecule has 4 rings (SSSR count). The third kappa shape index (κ3) is 5.43. The van der Waals surface area contributed by atoms with E-state index < -0.39 is 0 Å². The molecule has 1 saturated heterocycles. The van der Waals surface area contributed by atoms with Crippen molar-refractivity contribution in [3.05, 3.63) is 65.7 Å². The van der Waals surface area contributed by atoms with Gasteiger partial charge in [0.25, 0.3) is 0 Å². The SMILES string of the molecule is O=CNc1ccc(C2CCCCC2)cc1.c1ccc(C2CCNC2)cc1. The summed E-state index contributed by atoms with van der Waals surface area (Å²) in [7, 11) is 0. The minimum atomic E-state index is 0.718. The Kier molecular flexibility index (Phi) is 7.26. The summed E-state index contributed by atoms with van der Waals surface area (Å²) >= 11 is 0. The number of benzene rings is 2. The summed E-state index contributed by atoms with van der Waals surface area (Å²) in [6, 6.07) is 19.0. The average Bonchev–Trinajstić information content (AvgIpc) is 3.26. The lowest BCUT2D eigenvalue weighted by Gasteiger charge is -2.21. The predicted molar refractivity (Wildman–Crippen MR) is 109 cm³/mol. The summed E-state index contributed by atoms with van der Waals surface area (Å²) in [5, 5.41) is 6.03. The van der Waals surface area contributed by atoms with E-state index >= 15 is 0 Å². The van der Waals surface area contributed by atoms with Gasteiger partial charge in [-0.2, -0.15) is 0 Å². The van der Waals surface area contributed by atoms with Crippen molar-refractivity contribution in [3.8, 4) is 0 Å². The summed E-state index contributed by atoms with van der Waals surface area (Å²) in [6.45, 7) is 2.34. The van der Waals surface area contributed by atoms with Crippen molar-refractivity contribution in [2.45, 2.75) is 50.4 Å². The maximum Gasteiger partial charge on any atom is 0.211 e. The number of anilines is 1. The zero-order valence-electron chi connectivity index (χ0n) is 15.5.